The van der Waals surface area contributed by atoms with Gasteiger partial charge in [-0.3, -0.25) is 9.36 Å². The fourth-order valence-electron chi connectivity index (χ4n) is 2.33. The van der Waals surface area contributed by atoms with E-state index in [9.17, 15) is 9.59 Å². The highest BCUT2D eigenvalue weighted by Crippen LogP contribution is 2.21. The van der Waals surface area contributed by atoms with Crippen LogP contribution in [0.1, 0.15) is 6.92 Å². The first-order valence-electron chi connectivity index (χ1n) is 6.66. The summed E-state index contributed by atoms with van der Waals surface area (Å²) in [4.78, 5) is 28.6. The Morgan fingerprint density at radius 1 is 1.38 bits per heavy atom. The van der Waals surface area contributed by atoms with E-state index in [4.69, 9.17) is 0 Å². The average Bonchev–Trinajstić information content (AvgIpc) is 3.09. The molecule has 7 nitrogen and oxygen atoms in total. The Hall–Kier alpha value is -2.83. The van der Waals surface area contributed by atoms with Gasteiger partial charge in [0.05, 0.1) is 0 Å². The Bertz CT molecular complexity index is 829. The fourth-order valence-corrected chi connectivity index (χ4v) is 2.33. The minimum Gasteiger partial charge on any atom is -0.361 e. The summed E-state index contributed by atoms with van der Waals surface area (Å²) < 4.78 is 1.25. The van der Waals surface area contributed by atoms with Crippen molar-refractivity contribution in [3.8, 4) is 0 Å². The van der Waals surface area contributed by atoms with Crippen LogP contribution in [0.25, 0.3) is 10.9 Å². The SMILES string of the molecule is CCN(C(=O)Cn1cn[nH]c1=O)c1ccc2[nH]ccc2c1. The summed E-state index contributed by atoms with van der Waals surface area (Å²) in [5.74, 6) is -0.157. The quantitative estimate of drug-likeness (QED) is 0.752. The van der Waals surface area contributed by atoms with Crippen LogP contribution >= 0.6 is 0 Å². The molecule has 21 heavy (non-hydrogen) atoms. The molecule has 0 aliphatic carbocycles. The standard InChI is InChI=1S/C14H15N5O2/c1-2-19(13(20)8-18-9-16-17-14(18)21)11-3-4-12-10(7-11)5-6-15-12/h3-7,9,15H,2,8H2,1H3,(H,17,21). The normalized spacial score (nSPS) is 10.9. The molecule has 0 saturated heterocycles. The van der Waals surface area contributed by atoms with Gasteiger partial charge in [-0.2, -0.15) is 5.10 Å². The number of amides is 1. The lowest BCUT2D eigenvalue weighted by Gasteiger charge is -2.21. The summed E-state index contributed by atoms with van der Waals surface area (Å²) in [6, 6.07) is 7.73. The summed E-state index contributed by atoms with van der Waals surface area (Å²) >= 11 is 0. The van der Waals surface area contributed by atoms with Crippen LogP contribution in [-0.2, 0) is 11.3 Å². The molecule has 0 atom stereocenters. The third-order valence-corrected chi connectivity index (χ3v) is 3.39. The number of hydrogen-bond acceptors (Lipinski definition) is 3. The number of aromatic amines is 2. The molecule has 0 saturated carbocycles. The van der Waals surface area contributed by atoms with Crippen LogP contribution in [-0.4, -0.2) is 32.2 Å². The van der Waals surface area contributed by atoms with Crippen LogP contribution in [0.3, 0.4) is 0 Å². The van der Waals surface area contributed by atoms with E-state index in [1.165, 1.54) is 10.9 Å². The molecule has 3 aromatic rings. The minimum absolute atomic E-state index is 0.0334. The van der Waals surface area contributed by atoms with Gasteiger partial charge in [-0.1, -0.05) is 0 Å². The number of H-pyrrole nitrogens is 2. The molecule has 1 aromatic carbocycles. The van der Waals surface area contributed by atoms with Crippen molar-refractivity contribution in [1.29, 1.82) is 0 Å². The summed E-state index contributed by atoms with van der Waals surface area (Å²) in [5, 5.41) is 6.93. The fraction of sp³-hybridized carbons (Fsp3) is 0.214. The minimum atomic E-state index is -0.388. The molecule has 1 amide bonds. The van der Waals surface area contributed by atoms with Gasteiger partial charge in [0.25, 0.3) is 0 Å². The largest absolute Gasteiger partial charge is 0.361 e. The van der Waals surface area contributed by atoms with Crippen molar-refractivity contribution in [1.82, 2.24) is 19.7 Å². The predicted molar refractivity (Wildman–Crippen MR) is 79.2 cm³/mol. The van der Waals surface area contributed by atoms with Gasteiger partial charge in [-0.25, -0.2) is 9.89 Å². The predicted octanol–water partition coefficient (Wildman–Crippen LogP) is 1.11. The second kappa shape index (κ2) is 5.28. The first-order valence-corrected chi connectivity index (χ1v) is 6.66. The van der Waals surface area contributed by atoms with Gasteiger partial charge in [-0.15, -0.1) is 0 Å². The number of fused-ring (bicyclic) bond motifs is 1. The highest BCUT2D eigenvalue weighted by molar-refractivity contribution is 5.95. The average molecular weight is 285 g/mol. The lowest BCUT2D eigenvalue weighted by Crippen LogP contribution is -2.35. The Morgan fingerprint density at radius 2 is 2.24 bits per heavy atom. The van der Waals surface area contributed by atoms with Crippen molar-refractivity contribution in [3.05, 3.63) is 47.3 Å². The number of hydrogen-bond donors (Lipinski definition) is 2. The molecule has 3 rings (SSSR count). The van der Waals surface area contributed by atoms with Gasteiger partial charge in [0, 0.05) is 29.3 Å². The van der Waals surface area contributed by atoms with Crippen LogP contribution in [0, 0.1) is 0 Å². The Balaban J connectivity index is 1.88. The van der Waals surface area contributed by atoms with Crippen LogP contribution in [0.4, 0.5) is 5.69 Å². The van der Waals surface area contributed by atoms with Crippen molar-refractivity contribution in [3.63, 3.8) is 0 Å². The van der Waals surface area contributed by atoms with E-state index in [0.717, 1.165) is 16.6 Å². The third kappa shape index (κ3) is 2.45. The lowest BCUT2D eigenvalue weighted by atomic mass is 10.2. The number of carbonyl (C=O) groups excluding carboxylic acids is 1. The summed E-state index contributed by atoms with van der Waals surface area (Å²) in [6.45, 7) is 2.40. The highest BCUT2D eigenvalue weighted by Gasteiger charge is 2.16. The van der Waals surface area contributed by atoms with E-state index < -0.39 is 0 Å². The van der Waals surface area contributed by atoms with Crippen LogP contribution in [0.2, 0.25) is 0 Å². The lowest BCUT2D eigenvalue weighted by molar-refractivity contribution is -0.119. The molecule has 0 aliphatic rings. The number of benzene rings is 1. The zero-order valence-electron chi connectivity index (χ0n) is 11.5. The van der Waals surface area contributed by atoms with Gasteiger partial charge in [0.1, 0.15) is 12.9 Å². The second-order valence-electron chi connectivity index (χ2n) is 4.68. The topological polar surface area (TPSA) is 86.8 Å². The number of nitrogens with one attached hydrogen (secondary N) is 2. The van der Waals surface area contributed by atoms with Crippen molar-refractivity contribution in [2.75, 3.05) is 11.4 Å². The molecule has 0 bridgehead atoms. The molecule has 2 N–H and O–H groups in total. The highest BCUT2D eigenvalue weighted by atomic mass is 16.2. The number of aromatic nitrogens is 4. The van der Waals surface area contributed by atoms with Gasteiger partial charge >= 0.3 is 5.69 Å². The summed E-state index contributed by atoms with van der Waals surface area (Å²) in [7, 11) is 0. The molecule has 2 aromatic heterocycles. The third-order valence-electron chi connectivity index (χ3n) is 3.39. The monoisotopic (exact) mass is 285 g/mol. The number of carbonyl (C=O) groups is 1. The van der Waals surface area contributed by atoms with Crippen molar-refractivity contribution >= 4 is 22.5 Å². The maximum atomic E-state index is 12.4. The Morgan fingerprint density at radius 3 is 2.95 bits per heavy atom. The first kappa shape index (κ1) is 13.2. The van der Waals surface area contributed by atoms with Crippen LogP contribution in [0.15, 0.2) is 41.6 Å². The molecule has 2 heterocycles. The Labute approximate surface area is 120 Å². The Kier molecular flexibility index (Phi) is 3.31. The molecule has 7 heteroatoms. The maximum Gasteiger partial charge on any atom is 0.343 e. The van der Waals surface area contributed by atoms with Crippen molar-refractivity contribution in [2.45, 2.75) is 13.5 Å². The smallest absolute Gasteiger partial charge is 0.343 e. The van der Waals surface area contributed by atoms with E-state index in [1.54, 1.807) is 4.90 Å². The second-order valence-corrected chi connectivity index (χ2v) is 4.68. The van der Waals surface area contributed by atoms with Crippen LogP contribution in [0.5, 0.6) is 0 Å². The number of anilines is 1. The van der Waals surface area contributed by atoms with E-state index in [0.29, 0.717) is 6.54 Å². The molecular weight excluding hydrogens is 270 g/mol. The van der Waals surface area contributed by atoms with Gasteiger partial charge in [0.2, 0.25) is 5.91 Å². The summed E-state index contributed by atoms with van der Waals surface area (Å²) in [5.41, 5.74) is 1.44. The molecule has 108 valence electrons. The molecular formula is C14H15N5O2. The first-order chi connectivity index (χ1) is 10.2. The van der Waals surface area contributed by atoms with Gasteiger partial charge in [-0.05, 0) is 31.2 Å². The molecule has 0 unspecified atom stereocenters. The maximum absolute atomic E-state index is 12.4. The number of likely N-dealkylation sites (N-methyl/N-ethyl adjacent to an activating group) is 1. The summed E-state index contributed by atoms with van der Waals surface area (Å²) in [6.07, 6.45) is 3.18. The van der Waals surface area contributed by atoms with E-state index in [1.807, 2.05) is 37.4 Å². The molecule has 0 fully saturated rings. The van der Waals surface area contributed by atoms with Gasteiger partial charge < -0.3 is 9.88 Å². The zero-order chi connectivity index (χ0) is 14.8. The van der Waals surface area contributed by atoms with Crippen molar-refractivity contribution < 1.29 is 4.79 Å². The van der Waals surface area contributed by atoms with E-state index in [2.05, 4.69) is 15.2 Å². The number of rotatable bonds is 4. The van der Waals surface area contributed by atoms with E-state index >= 15 is 0 Å². The molecule has 0 aliphatic heterocycles. The molecule has 0 spiro atoms. The zero-order valence-corrected chi connectivity index (χ0v) is 11.5. The van der Waals surface area contributed by atoms with Crippen LogP contribution < -0.4 is 10.6 Å². The number of nitrogens with zero attached hydrogens (tertiary/aromatic N) is 3. The van der Waals surface area contributed by atoms with E-state index in [-0.39, 0.29) is 18.1 Å². The van der Waals surface area contributed by atoms with Crippen molar-refractivity contribution in [2.24, 2.45) is 0 Å². The molecule has 0 radical (unpaired) electrons. The van der Waals surface area contributed by atoms with Gasteiger partial charge in [0.15, 0.2) is 0 Å².